The van der Waals surface area contributed by atoms with Gasteiger partial charge in [-0.15, -0.1) is 0 Å². The highest BCUT2D eigenvalue weighted by Gasteiger charge is 2.36. The zero-order valence-electron chi connectivity index (χ0n) is 14.0. The topological polar surface area (TPSA) is 59.8 Å². The second-order valence-electron chi connectivity index (χ2n) is 5.63. The highest BCUT2D eigenvalue weighted by molar-refractivity contribution is 6.03. The van der Waals surface area contributed by atoms with Crippen molar-refractivity contribution in [2.75, 3.05) is 5.32 Å². The molecule has 5 nitrogen and oxygen atoms in total. The molecule has 11 heteroatoms. The molecule has 0 aliphatic carbocycles. The standard InChI is InChI=1S/C17H10F6N4O/c1-27-13(14-8(17(21,22)23)3-2-4-9(14)18)5-12(26-27)16(28)25-15-10(19)6-24-7-11(15)20/h2-7H,1H3,(H,24,25,28). The summed E-state index contributed by atoms with van der Waals surface area (Å²) in [6.07, 6.45) is -3.53. The van der Waals surface area contributed by atoms with Crippen LogP contribution in [0.25, 0.3) is 11.3 Å². The van der Waals surface area contributed by atoms with Gasteiger partial charge in [-0.1, -0.05) is 6.07 Å². The molecular formula is C17H10F6N4O. The average molecular weight is 400 g/mol. The van der Waals surface area contributed by atoms with Gasteiger partial charge < -0.3 is 5.32 Å². The van der Waals surface area contributed by atoms with Crippen LogP contribution in [0, 0.1) is 17.5 Å². The van der Waals surface area contributed by atoms with Gasteiger partial charge in [0.15, 0.2) is 17.3 Å². The maximum absolute atomic E-state index is 14.2. The van der Waals surface area contributed by atoms with Crippen LogP contribution in [0.1, 0.15) is 16.1 Å². The van der Waals surface area contributed by atoms with Crippen LogP contribution in [-0.4, -0.2) is 20.7 Å². The Balaban J connectivity index is 2.03. The number of nitrogens with zero attached hydrogens (tertiary/aromatic N) is 3. The summed E-state index contributed by atoms with van der Waals surface area (Å²) in [6, 6.07) is 3.31. The van der Waals surface area contributed by atoms with Crippen molar-refractivity contribution in [1.82, 2.24) is 14.8 Å². The third-order valence-electron chi connectivity index (χ3n) is 3.78. The number of aryl methyl sites for hydroxylation is 1. The van der Waals surface area contributed by atoms with Crippen LogP contribution in [0.4, 0.5) is 32.0 Å². The van der Waals surface area contributed by atoms with Gasteiger partial charge in [-0.05, 0) is 18.2 Å². The van der Waals surface area contributed by atoms with E-state index < -0.39 is 52.0 Å². The predicted molar refractivity (Wildman–Crippen MR) is 85.7 cm³/mol. The minimum atomic E-state index is -4.85. The van der Waals surface area contributed by atoms with Gasteiger partial charge >= 0.3 is 6.18 Å². The summed E-state index contributed by atoms with van der Waals surface area (Å²) in [7, 11) is 1.20. The van der Waals surface area contributed by atoms with Crippen LogP contribution < -0.4 is 5.32 Å². The number of benzene rings is 1. The van der Waals surface area contributed by atoms with Crippen LogP contribution in [0.3, 0.4) is 0 Å². The Morgan fingerprint density at radius 2 is 1.71 bits per heavy atom. The minimum absolute atomic E-state index is 0.341. The molecule has 146 valence electrons. The number of carbonyl (C=O) groups excluding carboxylic acids is 1. The fourth-order valence-corrected chi connectivity index (χ4v) is 2.54. The molecular weight excluding hydrogens is 390 g/mol. The Labute approximate surface area is 153 Å². The third kappa shape index (κ3) is 3.55. The monoisotopic (exact) mass is 400 g/mol. The lowest BCUT2D eigenvalue weighted by Gasteiger charge is -2.13. The van der Waals surface area contributed by atoms with E-state index >= 15 is 0 Å². The van der Waals surface area contributed by atoms with E-state index in [1.807, 2.05) is 5.32 Å². The van der Waals surface area contributed by atoms with E-state index in [1.165, 1.54) is 7.05 Å². The summed E-state index contributed by atoms with van der Waals surface area (Å²) in [5.74, 6) is -4.58. The molecule has 1 N–H and O–H groups in total. The first-order valence-electron chi connectivity index (χ1n) is 7.60. The molecule has 3 rings (SSSR count). The number of pyridine rings is 1. The molecule has 0 aliphatic heterocycles. The first-order chi connectivity index (χ1) is 13.1. The van der Waals surface area contributed by atoms with Crippen molar-refractivity contribution >= 4 is 11.6 Å². The van der Waals surface area contributed by atoms with Crippen LogP contribution in [0.2, 0.25) is 0 Å². The van der Waals surface area contributed by atoms with Crippen LogP contribution in [0.15, 0.2) is 36.7 Å². The molecule has 3 aromatic rings. The number of nitrogens with one attached hydrogen (secondary N) is 1. The second kappa shape index (κ2) is 6.98. The first-order valence-corrected chi connectivity index (χ1v) is 7.60. The zero-order valence-corrected chi connectivity index (χ0v) is 14.0. The number of anilines is 1. The molecule has 0 fully saturated rings. The van der Waals surface area contributed by atoms with Crippen LogP contribution >= 0.6 is 0 Å². The summed E-state index contributed by atoms with van der Waals surface area (Å²) in [5, 5.41) is 5.64. The van der Waals surface area contributed by atoms with E-state index in [0.29, 0.717) is 18.5 Å². The average Bonchev–Trinajstić information content (AvgIpc) is 2.99. The van der Waals surface area contributed by atoms with Gasteiger partial charge in [0, 0.05) is 12.6 Å². The van der Waals surface area contributed by atoms with Gasteiger partial charge in [-0.2, -0.15) is 18.3 Å². The second-order valence-corrected chi connectivity index (χ2v) is 5.63. The number of rotatable bonds is 3. The number of amides is 1. The molecule has 0 spiro atoms. The van der Waals surface area contributed by atoms with E-state index in [2.05, 4.69) is 10.1 Å². The van der Waals surface area contributed by atoms with Crippen molar-refractivity contribution < 1.29 is 31.1 Å². The summed E-state index contributed by atoms with van der Waals surface area (Å²) in [5.41, 5.74) is -3.66. The van der Waals surface area contributed by atoms with Crippen LogP contribution in [-0.2, 0) is 13.2 Å². The van der Waals surface area contributed by atoms with Crippen LogP contribution in [0.5, 0.6) is 0 Å². The van der Waals surface area contributed by atoms with Gasteiger partial charge in [0.05, 0.1) is 23.7 Å². The molecule has 28 heavy (non-hydrogen) atoms. The van der Waals surface area contributed by atoms with Crippen molar-refractivity contribution in [2.24, 2.45) is 7.05 Å². The molecule has 0 atom stereocenters. The third-order valence-corrected chi connectivity index (χ3v) is 3.78. The van der Waals surface area contributed by atoms with E-state index in [1.54, 1.807) is 0 Å². The lowest BCUT2D eigenvalue weighted by atomic mass is 10.0. The SMILES string of the molecule is Cn1nc(C(=O)Nc2c(F)cncc2F)cc1-c1c(F)cccc1C(F)(F)F. The molecule has 0 saturated heterocycles. The Bertz CT molecular complexity index is 1040. The molecule has 1 aromatic carbocycles. The predicted octanol–water partition coefficient (Wildman–Crippen LogP) is 4.17. The molecule has 0 saturated carbocycles. The maximum Gasteiger partial charge on any atom is 0.417 e. The summed E-state index contributed by atoms with van der Waals surface area (Å²) in [6.45, 7) is 0. The summed E-state index contributed by atoms with van der Waals surface area (Å²) >= 11 is 0. The van der Waals surface area contributed by atoms with Gasteiger partial charge in [0.2, 0.25) is 0 Å². The Morgan fingerprint density at radius 3 is 2.32 bits per heavy atom. The Hall–Kier alpha value is -3.37. The largest absolute Gasteiger partial charge is 0.417 e. The Kier molecular flexibility index (Phi) is 4.84. The van der Waals surface area contributed by atoms with Gasteiger partial charge in [0.25, 0.3) is 5.91 Å². The number of carbonyl (C=O) groups is 1. The number of halogens is 6. The first kappa shape index (κ1) is 19.4. The van der Waals surface area contributed by atoms with Crippen molar-refractivity contribution in [3.8, 4) is 11.3 Å². The highest BCUT2D eigenvalue weighted by Crippen LogP contribution is 2.38. The van der Waals surface area contributed by atoms with Gasteiger partial charge in [0.1, 0.15) is 11.5 Å². The minimum Gasteiger partial charge on any atom is -0.316 e. The van der Waals surface area contributed by atoms with Crippen molar-refractivity contribution in [1.29, 1.82) is 0 Å². The molecule has 0 bridgehead atoms. The summed E-state index contributed by atoms with van der Waals surface area (Å²) in [4.78, 5) is 15.5. The number of hydrogen-bond donors (Lipinski definition) is 1. The van der Waals surface area contributed by atoms with Crippen molar-refractivity contribution in [2.45, 2.75) is 6.18 Å². The molecule has 0 unspecified atom stereocenters. The molecule has 2 aromatic heterocycles. The lowest BCUT2D eigenvalue weighted by Crippen LogP contribution is -2.15. The molecule has 2 heterocycles. The number of hydrogen-bond acceptors (Lipinski definition) is 3. The fraction of sp³-hybridized carbons (Fsp3) is 0.118. The van der Waals surface area contributed by atoms with Crippen molar-refractivity contribution in [3.05, 3.63) is 65.4 Å². The molecule has 0 radical (unpaired) electrons. The quantitative estimate of drug-likeness (QED) is 0.672. The van der Waals surface area contributed by atoms with Gasteiger partial charge in [-0.25, -0.2) is 13.2 Å². The number of aromatic nitrogens is 3. The maximum atomic E-state index is 14.2. The Morgan fingerprint density at radius 1 is 1.07 bits per heavy atom. The highest BCUT2D eigenvalue weighted by atomic mass is 19.4. The number of alkyl halides is 3. The van der Waals surface area contributed by atoms with E-state index in [0.717, 1.165) is 22.9 Å². The van der Waals surface area contributed by atoms with Gasteiger partial charge in [-0.3, -0.25) is 14.5 Å². The summed E-state index contributed by atoms with van der Waals surface area (Å²) < 4.78 is 81.9. The smallest absolute Gasteiger partial charge is 0.316 e. The fourth-order valence-electron chi connectivity index (χ4n) is 2.54. The zero-order chi connectivity index (χ0) is 20.6. The lowest BCUT2D eigenvalue weighted by molar-refractivity contribution is -0.137. The van der Waals surface area contributed by atoms with E-state index in [4.69, 9.17) is 0 Å². The van der Waals surface area contributed by atoms with E-state index in [-0.39, 0.29) is 5.69 Å². The molecule has 1 amide bonds. The van der Waals surface area contributed by atoms with Crippen molar-refractivity contribution in [3.63, 3.8) is 0 Å². The normalized spacial score (nSPS) is 11.5. The molecule has 0 aliphatic rings. The van der Waals surface area contributed by atoms with E-state index in [9.17, 15) is 31.1 Å².